The van der Waals surface area contributed by atoms with E-state index in [0.29, 0.717) is 5.56 Å². The van der Waals surface area contributed by atoms with Crippen LogP contribution in [0.25, 0.3) is 11.0 Å². The van der Waals surface area contributed by atoms with E-state index in [1.54, 1.807) is 0 Å². The highest BCUT2D eigenvalue weighted by atomic mass is 19.1. The number of aryl methyl sites for hydroxylation is 1. The average molecular weight is 329 g/mol. The predicted molar refractivity (Wildman–Crippen MR) is 83.7 cm³/mol. The molecule has 0 bridgehead atoms. The average Bonchev–Trinajstić information content (AvgIpc) is 2.58. The van der Waals surface area contributed by atoms with Crippen LogP contribution in [0.2, 0.25) is 0 Å². The Morgan fingerprint density at radius 3 is 2.54 bits per heavy atom. The lowest BCUT2D eigenvalue weighted by Crippen LogP contribution is -2.39. The summed E-state index contributed by atoms with van der Waals surface area (Å²) >= 11 is 0. The molecule has 24 heavy (non-hydrogen) atoms. The molecule has 0 amide bonds. The summed E-state index contributed by atoms with van der Waals surface area (Å²) in [6.45, 7) is -0.0565. The minimum Gasteiger partial charge on any atom is -0.478 e. The van der Waals surface area contributed by atoms with Crippen molar-refractivity contribution in [2.45, 2.75) is 6.54 Å². The largest absolute Gasteiger partial charge is 0.478 e. The van der Waals surface area contributed by atoms with Gasteiger partial charge >= 0.3 is 11.7 Å². The van der Waals surface area contributed by atoms with Crippen LogP contribution in [0.3, 0.4) is 0 Å². The number of halogens is 1. The summed E-state index contributed by atoms with van der Waals surface area (Å²) in [6.07, 6.45) is 1.09. The summed E-state index contributed by atoms with van der Waals surface area (Å²) in [6, 6.07) is 6.59. The molecule has 0 saturated heterocycles. The number of benzene rings is 1. The third-order valence-corrected chi connectivity index (χ3v) is 3.68. The third kappa shape index (κ3) is 2.58. The van der Waals surface area contributed by atoms with Gasteiger partial charge in [0.2, 0.25) is 0 Å². The quantitative estimate of drug-likeness (QED) is 0.773. The van der Waals surface area contributed by atoms with Crippen molar-refractivity contribution in [2.75, 3.05) is 0 Å². The molecule has 1 N–H and O–H groups in total. The number of rotatable bonds is 3. The van der Waals surface area contributed by atoms with Crippen molar-refractivity contribution >= 4 is 17.0 Å². The molecule has 7 nitrogen and oxygen atoms in total. The molecule has 2 heterocycles. The Morgan fingerprint density at radius 1 is 1.25 bits per heavy atom. The summed E-state index contributed by atoms with van der Waals surface area (Å²) in [4.78, 5) is 39.9. The van der Waals surface area contributed by atoms with E-state index in [4.69, 9.17) is 5.11 Å². The first kappa shape index (κ1) is 15.6. The van der Waals surface area contributed by atoms with Gasteiger partial charge in [0.05, 0.1) is 17.5 Å². The van der Waals surface area contributed by atoms with Crippen LogP contribution in [0.15, 0.2) is 46.1 Å². The van der Waals surface area contributed by atoms with Crippen LogP contribution in [0, 0.1) is 5.82 Å². The molecule has 3 aromatic rings. The number of hydrogen-bond donors (Lipinski definition) is 1. The van der Waals surface area contributed by atoms with E-state index in [2.05, 4.69) is 4.98 Å². The van der Waals surface area contributed by atoms with Crippen molar-refractivity contribution in [1.82, 2.24) is 14.1 Å². The summed E-state index contributed by atoms with van der Waals surface area (Å²) in [5.74, 6) is -1.64. The van der Waals surface area contributed by atoms with Gasteiger partial charge in [-0.15, -0.1) is 0 Å². The lowest BCUT2D eigenvalue weighted by molar-refractivity contribution is 0.0696. The van der Waals surface area contributed by atoms with Crippen LogP contribution in [0.1, 0.15) is 15.9 Å². The maximum atomic E-state index is 13.0. The fourth-order valence-electron chi connectivity index (χ4n) is 2.41. The molecule has 122 valence electrons. The Hall–Kier alpha value is -3.29. The Bertz CT molecular complexity index is 1070. The first-order chi connectivity index (χ1) is 11.4. The number of nitrogens with zero attached hydrogens (tertiary/aromatic N) is 3. The van der Waals surface area contributed by atoms with Crippen molar-refractivity contribution < 1.29 is 14.3 Å². The molecular weight excluding hydrogens is 317 g/mol. The molecule has 0 radical (unpaired) electrons. The molecule has 3 rings (SSSR count). The number of carboxylic acid groups (broad SMARTS) is 1. The zero-order valence-corrected chi connectivity index (χ0v) is 12.6. The highest BCUT2D eigenvalue weighted by Crippen LogP contribution is 2.09. The van der Waals surface area contributed by atoms with Crippen molar-refractivity contribution in [3.05, 3.63) is 74.3 Å². The summed E-state index contributed by atoms with van der Waals surface area (Å²) < 4.78 is 15.1. The van der Waals surface area contributed by atoms with E-state index in [9.17, 15) is 18.8 Å². The number of fused-ring (bicyclic) bond motifs is 1. The van der Waals surface area contributed by atoms with E-state index in [-0.39, 0.29) is 23.1 Å². The van der Waals surface area contributed by atoms with Crippen molar-refractivity contribution in [3.8, 4) is 0 Å². The molecule has 0 aliphatic rings. The summed E-state index contributed by atoms with van der Waals surface area (Å²) in [5, 5.41) is 9.06. The number of aromatic nitrogens is 3. The zero-order chi connectivity index (χ0) is 17.4. The number of carboxylic acids is 1. The predicted octanol–water partition coefficient (Wildman–Crippen LogP) is 0.981. The molecule has 2 aromatic heterocycles. The van der Waals surface area contributed by atoms with E-state index < -0.39 is 23.0 Å². The van der Waals surface area contributed by atoms with Gasteiger partial charge < -0.3 is 5.11 Å². The fourth-order valence-corrected chi connectivity index (χ4v) is 2.41. The lowest BCUT2D eigenvalue weighted by atomic mass is 10.2. The number of aromatic carboxylic acids is 1. The molecule has 0 aliphatic heterocycles. The molecule has 1 aromatic carbocycles. The van der Waals surface area contributed by atoms with Gasteiger partial charge in [0.1, 0.15) is 11.5 Å². The van der Waals surface area contributed by atoms with Crippen LogP contribution in [0.4, 0.5) is 4.39 Å². The fraction of sp³-hybridized carbons (Fsp3) is 0.125. The number of carbonyl (C=O) groups is 1. The van der Waals surface area contributed by atoms with E-state index in [1.807, 2.05) is 0 Å². The van der Waals surface area contributed by atoms with Gasteiger partial charge in [-0.2, -0.15) is 0 Å². The minimum absolute atomic E-state index is 0.0270. The Kier molecular flexibility index (Phi) is 3.72. The Morgan fingerprint density at radius 2 is 1.92 bits per heavy atom. The zero-order valence-electron chi connectivity index (χ0n) is 12.6. The maximum absolute atomic E-state index is 13.0. The second-order valence-electron chi connectivity index (χ2n) is 5.26. The van der Waals surface area contributed by atoms with Gasteiger partial charge in [0, 0.05) is 13.2 Å². The van der Waals surface area contributed by atoms with Crippen molar-refractivity contribution in [3.63, 3.8) is 0 Å². The normalized spacial score (nSPS) is 10.9. The van der Waals surface area contributed by atoms with E-state index >= 15 is 0 Å². The topological polar surface area (TPSA) is 94.2 Å². The number of hydrogen-bond acceptors (Lipinski definition) is 4. The van der Waals surface area contributed by atoms with Crippen LogP contribution in [-0.2, 0) is 13.6 Å². The van der Waals surface area contributed by atoms with Crippen LogP contribution in [-0.4, -0.2) is 25.2 Å². The smallest absolute Gasteiger partial charge is 0.337 e. The standard InChI is InChI=1S/C16H12FN3O4/c1-19-13-12(6-10(7-18-13)15(22)23)14(21)20(16(19)24)8-9-2-4-11(17)5-3-9/h2-7H,8H2,1H3,(H,22,23). The molecule has 8 heteroatoms. The third-order valence-electron chi connectivity index (χ3n) is 3.68. The molecule has 0 atom stereocenters. The summed E-state index contributed by atoms with van der Waals surface area (Å²) in [5.41, 5.74) is -0.713. The molecule has 0 unspecified atom stereocenters. The Balaban J connectivity index is 2.24. The van der Waals surface area contributed by atoms with E-state index in [1.165, 1.54) is 41.9 Å². The minimum atomic E-state index is -1.22. The lowest BCUT2D eigenvalue weighted by Gasteiger charge is -2.10. The van der Waals surface area contributed by atoms with Gasteiger partial charge in [-0.3, -0.25) is 13.9 Å². The van der Waals surface area contributed by atoms with E-state index in [0.717, 1.165) is 10.8 Å². The molecule has 0 saturated carbocycles. The van der Waals surface area contributed by atoms with Gasteiger partial charge in [-0.25, -0.2) is 19.0 Å². The molecule has 0 spiro atoms. The van der Waals surface area contributed by atoms with Gasteiger partial charge in [0.25, 0.3) is 5.56 Å². The highest BCUT2D eigenvalue weighted by molar-refractivity contribution is 5.91. The molecule has 0 fully saturated rings. The van der Waals surface area contributed by atoms with Gasteiger partial charge in [0.15, 0.2) is 0 Å². The Labute approximate surface area is 134 Å². The highest BCUT2D eigenvalue weighted by Gasteiger charge is 2.15. The second kappa shape index (κ2) is 5.73. The molecule has 0 aliphatic carbocycles. The SMILES string of the molecule is Cn1c(=O)n(Cc2ccc(F)cc2)c(=O)c2cc(C(=O)O)cnc21. The summed E-state index contributed by atoms with van der Waals surface area (Å²) in [7, 11) is 1.44. The number of pyridine rings is 1. The maximum Gasteiger partial charge on any atom is 0.337 e. The monoisotopic (exact) mass is 329 g/mol. The van der Waals surface area contributed by atoms with Gasteiger partial charge in [-0.1, -0.05) is 12.1 Å². The first-order valence-corrected chi connectivity index (χ1v) is 6.96. The van der Waals surface area contributed by atoms with Crippen LogP contribution >= 0.6 is 0 Å². The van der Waals surface area contributed by atoms with Crippen LogP contribution in [0.5, 0.6) is 0 Å². The van der Waals surface area contributed by atoms with Crippen LogP contribution < -0.4 is 11.2 Å². The first-order valence-electron chi connectivity index (χ1n) is 6.96. The molecular formula is C16H12FN3O4. The van der Waals surface area contributed by atoms with Crippen molar-refractivity contribution in [1.29, 1.82) is 0 Å². The van der Waals surface area contributed by atoms with Crippen molar-refractivity contribution in [2.24, 2.45) is 7.05 Å². The van der Waals surface area contributed by atoms with Gasteiger partial charge in [-0.05, 0) is 23.8 Å². The second-order valence-corrected chi connectivity index (χ2v) is 5.26.